The van der Waals surface area contributed by atoms with Crippen molar-refractivity contribution in [3.63, 3.8) is 0 Å². The first-order valence-corrected chi connectivity index (χ1v) is 7.17. The molecule has 0 atom stereocenters. The van der Waals surface area contributed by atoms with Gasteiger partial charge in [-0.05, 0) is 37.5 Å². The van der Waals surface area contributed by atoms with Gasteiger partial charge in [-0.3, -0.25) is 4.98 Å². The highest BCUT2D eigenvalue weighted by Gasteiger charge is 2.20. The minimum Gasteiger partial charge on any atom is -0.368 e. The SMILES string of the molecule is Cc1ccnc(-c2nc(N)nc(C3CCCCC3)n2)c1. The van der Waals surface area contributed by atoms with Crippen molar-refractivity contribution in [2.24, 2.45) is 0 Å². The van der Waals surface area contributed by atoms with Gasteiger partial charge in [0, 0.05) is 12.1 Å². The highest BCUT2D eigenvalue weighted by atomic mass is 15.1. The zero-order valence-electron chi connectivity index (χ0n) is 11.7. The Bertz CT molecular complexity index is 605. The third-order valence-electron chi connectivity index (χ3n) is 3.78. The van der Waals surface area contributed by atoms with E-state index in [2.05, 4.69) is 19.9 Å². The Morgan fingerprint density at radius 2 is 1.90 bits per heavy atom. The smallest absolute Gasteiger partial charge is 0.223 e. The zero-order chi connectivity index (χ0) is 13.9. The van der Waals surface area contributed by atoms with Gasteiger partial charge in [0.25, 0.3) is 0 Å². The lowest BCUT2D eigenvalue weighted by atomic mass is 9.89. The summed E-state index contributed by atoms with van der Waals surface area (Å²) in [5.41, 5.74) is 7.74. The summed E-state index contributed by atoms with van der Waals surface area (Å²) in [4.78, 5) is 17.5. The lowest BCUT2D eigenvalue weighted by Gasteiger charge is -2.20. The number of aromatic nitrogens is 4. The van der Waals surface area contributed by atoms with E-state index in [1.807, 2.05) is 19.1 Å². The molecule has 104 valence electrons. The molecule has 1 saturated carbocycles. The van der Waals surface area contributed by atoms with Crippen LogP contribution < -0.4 is 5.73 Å². The molecule has 0 spiro atoms. The maximum absolute atomic E-state index is 5.85. The van der Waals surface area contributed by atoms with Crippen LogP contribution in [0, 0.1) is 6.92 Å². The molecule has 1 aliphatic carbocycles. The minimum atomic E-state index is 0.291. The summed E-state index contributed by atoms with van der Waals surface area (Å²) in [5.74, 6) is 2.12. The van der Waals surface area contributed by atoms with Crippen molar-refractivity contribution in [1.82, 2.24) is 19.9 Å². The highest BCUT2D eigenvalue weighted by Crippen LogP contribution is 2.31. The molecule has 0 bridgehead atoms. The predicted octanol–water partition coefficient (Wildman–Crippen LogP) is 2.87. The first-order chi connectivity index (χ1) is 9.72. The van der Waals surface area contributed by atoms with Gasteiger partial charge < -0.3 is 5.73 Å². The Morgan fingerprint density at radius 3 is 2.65 bits per heavy atom. The van der Waals surface area contributed by atoms with Crippen LogP contribution >= 0.6 is 0 Å². The molecule has 2 N–H and O–H groups in total. The molecule has 0 aromatic carbocycles. The molecule has 0 radical (unpaired) electrons. The van der Waals surface area contributed by atoms with E-state index in [-0.39, 0.29) is 0 Å². The van der Waals surface area contributed by atoms with Crippen LogP contribution in [0.5, 0.6) is 0 Å². The van der Waals surface area contributed by atoms with Gasteiger partial charge in [0.1, 0.15) is 11.5 Å². The number of hydrogen-bond acceptors (Lipinski definition) is 5. The second-order valence-electron chi connectivity index (χ2n) is 5.43. The zero-order valence-corrected chi connectivity index (χ0v) is 11.7. The number of aryl methyl sites for hydroxylation is 1. The lowest BCUT2D eigenvalue weighted by Crippen LogP contribution is -2.12. The largest absolute Gasteiger partial charge is 0.368 e. The Labute approximate surface area is 118 Å². The monoisotopic (exact) mass is 269 g/mol. The molecule has 1 aliphatic rings. The van der Waals surface area contributed by atoms with Crippen molar-refractivity contribution in [3.8, 4) is 11.5 Å². The molecular weight excluding hydrogens is 250 g/mol. The normalized spacial score (nSPS) is 16.2. The van der Waals surface area contributed by atoms with Crippen LogP contribution in [0.2, 0.25) is 0 Å². The average Bonchev–Trinajstić information content (AvgIpc) is 2.47. The summed E-state index contributed by atoms with van der Waals surface area (Å²) < 4.78 is 0. The molecule has 2 heterocycles. The first kappa shape index (κ1) is 13.0. The Balaban J connectivity index is 1.97. The number of anilines is 1. The van der Waals surface area contributed by atoms with E-state index in [4.69, 9.17) is 5.73 Å². The van der Waals surface area contributed by atoms with Gasteiger partial charge in [-0.25, -0.2) is 4.98 Å². The predicted molar refractivity (Wildman–Crippen MR) is 78.0 cm³/mol. The fourth-order valence-corrected chi connectivity index (χ4v) is 2.73. The van der Waals surface area contributed by atoms with E-state index in [0.29, 0.717) is 17.7 Å². The maximum Gasteiger partial charge on any atom is 0.223 e. The van der Waals surface area contributed by atoms with Gasteiger partial charge in [-0.15, -0.1) is 0 Å². The summed E-state index contributed by atoms with van der Waals surface area (Å²) in [6.45, 7) is 2.03. The molecule has 0 amide bonds. The number of rotatable bonds is 2. The van der Waals surface area contributed by atoms with Gasteiger partial charge in [0.05, 0.1) is 0 Å². The Kier molecular flexibility index (Phi) is 3.58. The first-order valence-electron chi connectivity index (χ1n) is 7.17. The Hall–Kier alpha value is -2.04. The number of nitrogens with two attached hydrogens (primary N) is 1. The van der Waals surface area contributed by atoms with Crippen molar-refractivity contribution in [1.29, 1.82) is 0 Å². The summed E-state index contributed by atoms with van der Waals surface area (Å²) in [6.07, 6.45) is 7.85. The molecule has 2 aromatic rings. The van der Waals surface area contributed by atoms with Crippen LogP contribution in [-0.4, -0.2) is 19.9 Å². The summed E-state index contributed by atoms with van der Waals surface area (Å²) in [7, 11) is 0. The molecule has 1 fully saturated rings. The molecule has 5 heteroatoms. The molecule has 5 nitrogen and oxygen atoms in total. The van der Waals surface area contributed by atoms with Crippen LogP contribution in [0.3, 0.4) is 0 Å². The van der Waals surface area contributed by atoms with E-state index in [1.165, 1.54) is 19.3 Å². The summed E-state index contributed by atoms with van der Waals surface area (Å²) in [5, 5.41) is 0. The number of nitrogens with zero attached hydrogens (tertiary/aromatic N) is 4. The quantitative estimate of drug-likeness (QED) is 0.907. The van der Waals surface area contributed by atoms with Gasteiger partial charge in [-0.2, -0.15) is 9.97 Å². The average molecular weight is 269 g/mol. The van der Waals surface area contributed by atoms with E-state index >= 15 is 0 Å². The van der Waals surface area contributed by atoms with Crippen molar-refractivity contribution >= 4 is 5.95 Å². The van der Waals surface area contributed by atoms with E-state index in [0.717, 1.165) is 29.9 Å². The molecule has 0 aliphatic heterocycles. The van der Waals surface area contributed by atoms with Crippen molar-refractivity contribution < 1.29 is 0 Å². The fraction of sp³-hybridized carbons (Fsp3) is 0.467. The van der Waals surface area contributed by atoms with Crippen LogP contribution in [0.25, 0.3) is 11.5 Å². The van der Waals surface area contributed by atoms with Crippen molar-refractivity contribution in [2.75, 3.05) is 5.73 Å². The Morgan fingerprint density at radius 1 is 1.10 bits per heavy atom. The molecule has 2 aromatic heterocycles. The number of hydrogen-bond donors (Lipinski definition) is 1. The third kappa shape index (κ3) is 2.76. The van der Waals surface area contributed by atoms with Gasteiger partial charge in [0.2, 0.25) is 5.95 Å². The second-order valence-corrected chi connectivity index (χ2v) is 5.43. The van der Waals surface area contributed by atoms with Crippen LogP contribution in [0.1, 0.15) is 49.4 Å². The van der Waals surface area contributed by atoms with Crippen molar-refractivity contribution in [2.45, 2.75) is 44.9 Å². The van der Waals surface area contributed by atoms with Gasteiger partial charge >= 0.3 is 0 Å². The van der Waals surface area contributed by atoms with Gasteiger partial charge in [-0.1, -0.05) is 19.3 Å². The van der Waals surface area contributed by atoms with Gasteiger partial charge in [0.15, 0.2) is 5.82 Å². The van der Waals surface area contributed by atoms with Crippen LogP contribution in [-0.2, 0) is 0 Å². The lowest BCUT2D eigenvalue weighted by molar-refractivity contribution is 0.428. The molecule has 3 rings (SSSR count). The number of pyridine rings is 1. The van der Waals surface area contributed by atoms with E-state index in [9.17, 15) is 0 Å². The summed E-state index contributed by atoms with van der Waals surface area (Å²) in [6, 6.07) is 3.93. The molecule has 0 saturated heterocycles. The topological polar surface area (TPSA) is 77.6 Å². The minimum absolute atomic E-state index is 0.291. The molecule has 20 heavy (non-hydrogen) atoms. The molecule has 0 unspecified atom stereocenters. The second kappa shape index (κ2) is 5.53. The highest BCUT2D eigenvalue weighted by molar-refractivity contribution is 5.51. The van der Waals surface area contributed by atoms with Crippen LogP contribution in [0.15, 0.2) is 18.3 Å². The van der Waals surface area contributed by atoms with Crippen molar-refractivity contribution in [3.05, 3.63) is 29.7 Å². The maximum atomic E-state index is 5.85. The van der Waals surface area contributed by atoms with Crippen LogP contribution in [0.4, 0.5) is 5.95 Å². The standard InChI is InChI=1S/C15H19N5/c1-10-7-8-17-12(9-10)14-18-13(19-15(16)20-14)11-5-3-2-4-6-11/h7-9,11H,2-6H2,1H3,(H2,16,18,19,20). The summed E-state index contributed by atoms with van der Waals surface area (Å²) >= 11 is 0. The third-order valence-corrected chi connectivity index (χ3v) is 3.78. The fourth-order valence-electron chi connectivity index (χ4n) is 2.73. The molecular formula is C15H19N5. The van der Waals surface area contributed by atoms with E-state index < -0.39 is 0 Å². The number of nitrogen functional groups attached to an aromatic ring is 1. The van der Waals surface area contributed by atoms with E-state index in [1.54, 1.807) is 6.20 Å².